The minimum absolute atomic E-state index is 0.0355. The Hall–Kier alpha value is -4.80. The number of hydrogen-bond donors (Lipinski definition) is 3. The lowest BCUT2D eigenvalue weighted by Gasteiger charge is -2.14. The zero-order chi connectivity index (χ0) is 30.5. The molecular formula is C31H33FO10. The molecule has 0 fully saturated rings. The average molecular weight is 585 g/mol. The zero-order valence-electron chi connectivity index (χ0n) is 23.1. The fraction of sp³-hybridized carbons (Fsp3) is 0.323. The predicted molar refractivity (Wildman–Crippen MR) is 149 cm³/mol. The van der Waals surface area contributed by atoms with Crippen LogP contribution in [0.15, 0.2) is 54.6 Å². The lowest BCUT2D eigenvalue weighted by atomic mass is 10.00. The number of hydrogen-bond acceptors (Lipinski definition) is 8. The van der Waals surface area contributed by atoms with E-state index >= 15 is 0 Å². The Balaban J connectivity index is 1.57. The van der Waals surface area contributed by atoms with Crippen LogP contribution in [0.25, 0.3) is 11.1 Å². The first-order valence-electron chi connectivity index (χ1n) is 13.5. The number of carbonyl (C=O) groups excluding carboxylic acids is 1. The molecule has 3 aromatic carbocycles. The van der Waals surface area contributed by atoms with Gasteiger partial charge in [-0.1, -0.05) is 25.1 Å². The summed E-state index contributed by atoms with van der Waals surface area (Å²) in [6.07, 6.45) is 1.36. The van der Waals surface area contributed by atoms with Crippen LogP contribution in [0.2, 0.25) is 0 Å². The van der Waals surface area contributed by atoms with Crippen LogP contribution in [0.4, 0.5) is 4.39 Å². The van der Waals surface area contributed by atoms with Gasteiger partial charge in [0.15, 0.2) is 5.75 Å². The number of aryl methyl sites for hydroxylation is 2. The van der Waals surface area contributed by atoms with E-state index in [1.807, 2.05) is 6.92 Å². The van der Waals surface area contributed by atoms with Gasteiger partial charge in [-0.15, -0.1) is 0 Å². The number of carboxylic acids is 2. The predicted octanol–water partition coefficient (Wildman–Crippen LogP) is 5.72. The van der Waals surface area contributed by atoms with Crippen LogP contribution in [0.1, 0.15) is 50.2 Å². The summed E-state index contributed by atoms with van der Waals surface area (Å²) in [6.45, 7) is 2.10. The van der Waals surface area contributed by atoms with E-state index in [-0.39, 0.29) is 56.2 Å². The van der Waals surface area contributed by atoms with Gasteiger partial charge in [0.05, 0.1) is 19.6 Å². The van der Waals surface area contributed by atoms with Crippen LogP contribution >= 0.6 is 0 Å². The molecule has 0 aromatic heterocycles. The number of phenols is 1. The molecule has 3 aromatic rings. The molecule has 0 spiro atoms. The third-order valence-electron chi connectivity index (χ3n) is 6.20. The quantitative estimate of drug-likeness (QED) is 0.102. The minimum Gasteiger partial charge on any atom is -0.507 e. The monoisotopic (exact) mass is 584 g/mol. The molecule has 0 heterocycles. The number of carboxylic acid groups (broad SMARTS) is 2. The maximum Gasteiger partial charge on any atom is 0.358 e. The van der Waals surface area contributed by atoms with Crippen LogP contribution in [-0.2, 0) is 32.1 Å². The highest BCUT2D eigenvalue weighted by atomic mass is 19.1. The number of ether oxygens (including phenoxy) is 2. The van der Waals surface area contributed by atoms with Crippen molar-refractivity contribution in [1.82, 2.24) is 0 Å². The average Bonchev–Trinajstić information content (AvgIpc) is 2.95. The number of halogens is 1. The molecule has 0 radical (unpaired) electrons. The summed E-state index contributed by atoms with van der Waals surface area (Å²) in [5.41, 5.74) is 2.44. The number of unbranched alkanes of at least 4 members (excludes halogenated alkanes) is 1. The Labute approximate surface area is 242 Å². The highest BCUT2D eigenvalue weighted by Gasteiger charge is 2.15. The van der Waals surface area contributed by atoms with Crippen molar-refractivity contribution < 1.29 is 53.3 Å². The summed E-state index contributed by atoms with van der Waals surface area (Å²) in [4.78, 5) is 44.2. The molecule has 0 saturated heterocycles. The van der Waals surface area contributed by atoms with Crippen molar-refractivity contribution in [2.75, 3.05) is 13.2 Å². The molecule has 10 nitrogen and oxygen atoms in total. The molecule has 0 atom stereocenters. The lowest BCUT2D eigenvalue weighted by molar-refractivity contribution is -0.214. The van der Waals surface area contributed by atoms with Crippen molar-refractivity contribution in [2.24, 2.45) is 0 Å². The van der Waals surface area contributed by atoms with Crippen LogP contribution in [0, 0.1) is 5.82 Å². The molecule has 11 heteroatoms. The smallest absolute Gasteiger partial charge is 0.358 e. The Morgan fingerprint density at radius 1 is 0.786 bits per heavy atom. The molecule has 42 heavy (non-hydrogen) atoms. The number of benzene rings is 3. The maximum atomic E-state index is 13.3. The summed E-state index contributed by atoms with van der Waals surface area (Å²) in [6, 6.07) is 13.6. The first kappa shape index (κ1) is 31.7. The van der Waals surface area contributed by atoms with E-state index in [4.69, 9.17) is 29.5 Å². The van der Waals surface area contributed by atoms with Crippen LogP contribution in [-0.4, -0.2) is 46.4 Å². The third kappa shape index (κ3) is 9.99. The molecule has 0 bridgehead atoms. The largest absolute Gasteiger partial charge is 0.507 e. The van der Waals surface area contributed by atoms with Gasteiger partial charge in [0.1, 0.15) is 23.1 Å². The van der Waals surface area contributed by atoms with Crippen LogP contribution in [0.3, 0.4) is 0 Å². The summed E-state index contributed by atoms with van der Waals surface area (Å²) in [5.74, 6) is -2.19. The van der Waals surface area contributed by atoms with Gasteiger partial charge in [-0.05, 0) is 61.1 Å². The van der Waals surface area contributed by atoms with Gasteiger partial charge in [-0.25, -0.2) is 9.18 Å². The van der Waals surface area contributed by atoms with Gasteiger partial charge in [0.2, 0.25) is 0 Å². The molecule has 0 unspecified atom stereocenters. The third-order valence-corrected chi connectivity index (χ3v) is 6.20. The lowest BCUT2D eigenvalue weighted by Crippen LogP contribution is -2.13. The standard InChI is InChI=1S/C31H33FO10/c1-2-20-17-25(21-6-10-23(32)11-7-21)26(33)19-27(20)40-16-14-31(38)42-41-28-18-24(39-15-4-3-5-29(34)35)12-8-22(28)9-13-30(36)37/h6-8,10-12,17-19,33H,2-5,9,13-16H2,1H3,(H,34,35)(H,36,37). The highest BCUT2D eigenvalue weighted by molar-refractivity contribution is 5.73. The second-order valence-electron chi connectivity index (χ2n) is 9.34. The van der Waals surface area contributed by atoms with Gasteiger partial charge in [0.25, 0.3) is 0 Å². The van der Waals surface area contributed by atoms with Gasteiger partial charge < -0.3 is 24.8 Å². The van der Waals surface area contributed by atoms with Gasteiger partial charge in [-0.3, -0.25) is 19.4 Å². The van der Waals surface area contributed by atoms with E-state index in [1.54, 1.807) is 30.3 Å². The number of carbonyl (C=O) groups is 3. The fourth-order valence-electron chi connectivity index (χ4n) is 3.98. The van der Waals surface area contributed by atoms with Crippen molar-refractivity contribution in [3.05, 3.63) is 71.5 Å². The van der Waals surface area contributed by atoms with E-state index in [0.29, 0.717) is 47.5 Å². The minimum atomic E-state index is -1.00. The number of aliphatic carboxylic acids is 2. The maximum absolute atomic E-state index is 13.3. The second kappa shape index (κ2) is 15.8. The highest BCUT2D eigenvalue weighted by Crippen LogP contribution is 2.36. The normalized spacial score (nSPS) is 10.6. The molecular weight excluding hydrogens is 551 g/mol. The van der Waals surface area contributed by atoms with E-state index in [0.717, 1.165) is 5.56 Å². The SMILES string of the molecule is CCc1cc(-c2ccc(F)cc2)c(O)cc1OCCC(=O)OOc1cc(OCCCCC(=O)O)ccc1CCC(=O)O. The molecule has 0 aliphatic carbocycles. The fourth-order valence-corrected chi connectivity index (χ4v) is 3.98. The molecule has 3 N–H and O–H groups in total. The summed E-state index contributed by atoms with van der Waals surface area (Å²) in [5, 5.41) is 28.3. The van der Waals surface area contributed by atoms with Crippen LogP contribution < -0.4 is 14.4 Å². The van der Waals surface area contributed by atoms with Gasteiger partial charge in [0, 0.05) is 36.1 Å². The van der Waals surface area contributed by atoms with E-state index in [9.17, 15) is 23.9 Å². The van der Waals surface area contributed by atoms with E-state index < -0.39 is 17.9 Å². The zero-order valence-corrected chi connectivity index (χ0v) is 23.1. The van der Waals surface area contributed by atoms with Crippen LogP contribution in [0.5, 0.6) is 23.0 Å². The molecule has 0 aliphatic heterocycles. The summed E-state index contributed by atoms with van der Waals surface area (Å²) in [7, 11) is 0. The van der Waals surface area contributed by atoms with Crippen molar-refractivity contribution in [1.29, 1.82) is 0 Å². The Kier molecular flexibility index (Phi) is 12.0. The second-order valence-corrected chi connectivity index (χ2v) is 9.34. The number of rotatable bonds is 17. The molecule has 3 rings (SSSR count). The summed E-state index contributed by atoms with van der Waals surface area (Å²) < 4.78 is 24.6. The number of phenolic OH excluding ortho intramolecular Hbond substituents is 1. The molecule has 0 aliphatic rings. The first-order chi connectivity index (χ1) is 20.2. The van der Waals surface area contributed by atoms with Crippen molar-refractivity contribution >= 4 is 17.9 Å². The van der Waals surface area contributed by atoms with Gasteiger partial charge in [-0.2, -0.15) is 0 Å². The summed E-state index contributed by atoms with van der Waals surface area (Å²) >= 11 is 0. The molecule has 0 amide bonds. The number of aromatic hydroxyl groups is 1. The topological polar surface area (TPSA) is 149 Å². The molecule has 0 saturated carbocycles. The van der Waals surface area contributed by atoms with Crippen molar-refractivity contribution in [3.8, 4) is 34.1 Å². The Bertz CT molecular complexity index is 1370. The van der Waals surface area contributed by atoms with Crippen molar-refractivity contribution in [3.63, 3.8) is 0 Å². The Morgan fingerprint density at radius 3 is 2.21 bits per heavy atom. The van der Waals surface area contributed by atoms with E-state index in [1.165, 1.54) is 24.3 Å². The van der Waals surface area contributed by atoms with Gasteiger partial charge >= 0.3 is 17.9 Å². The Morgan fingerprint density at radius 2 is 1.52 bits per heavy atom. The van der Waals surface area contributed by atoms with Crippen molar-refractivity contribution in [2.45, 2.75) is 51.9 Å². The molecule has 224 valence electrons. The van der Waals surface area contributed by atoms with E-state index in [2.05, 4.69) is 0 Å². The first-order valence-corrected chi connectivity index (χ1v) is 13.5.